The fraction of sp³-hybridized carbons (Fsp3) is 0.300. The van der Waals surface area contributed by atoms with Crippen LogP contribution in [-0.4, -0.2) is 19.7 Å². The molecule has 5 heteroatoms. The second-order valence-electron chi connectivity index (χ2n) is 3.49. The Bertz CT molecular complexity index is 484. The molecule has 2 rings (SSSR count). The molecule has 15 heavy (non-hydrogen) atoms. The van der Waals surface area contributed by atoms with E-state index in [1.807, 2.05) is 26.8 Å². The number of hydrogen-bond acceptors (Lipinski definition) is 4. The van der Waals surface area contributed by atoms with E-state index < -0.39 is 0 Å². The van der Waals surface area contributed by atoms with Crippen molar-refractivity contribution in [1.29, 1.82) is 0 Å². The molecule has 0 spiro atoms. The Morgan fingerprint density at radius 3 is 2.33 bits per heavy atom. The van der Waals surface area contributed by atoms with Crippen molar-refractivity contribution in [3.8, 4) is 5.95 Å². The second-order valence-corrected chi connectivity index (χ2v) is 3.90. The van der Waals surface area contributed by atoms with E-state index in [2.05, 4.69) is 15.1 Å². The Labute approximate surface area is 93.8 Å². The molecule has 0 unspecified atom stereocenters. The lowest BCUT2D eigenvalue weighted by Gasteiger charge is -2.09. The predicted molar refractivity (Wildman–Crippen MR) is 59.0 cm³/mol. The summed E-state index contributed by atoms with van der Waals surface area (Å²) in [6, 6.07) is 3.75. The third-order valence-electron chi connectivity index (χ3n) is 2.02. The van der Waals surface area contributed by atoms with E-state index in [0.29, 0.717) is 11.0 Å². The maximum Gasteiger partial charge on any atom is 0.249 e. The highest BCUT2D eigenvalue weighted by atomic mass is 32.1. The Morgan fingerprint density at radius 1 is 1.07 bits per heavy atom. The van der Waals surface area contributed by atoms with Gasteiger partial charge in [-0.25, -0.2) is 14.6 Å². The quantitative estimate of drug-likeness (QED) is 0.538. The maximum atomic E-state index is 5.04. The third kappa shape index (κ3) is 1.97. The molecule has 0 bridgehead atoms. The first-order valence-corrected chi connectivity index (χ1v) is 5.03. The molecule has 4 nitrogen and oxygen atoms in total. The van der Waals surface area contributed by atoms with Gasteiger partial charge in [0.1, 0.15) is 0 Å². The van der Waals surface area contributed by atoms with Crippen molar-refractivity contribution >= 4 is 12.6 Å². The molecule has 2 heterocycles. The first-order valence-electron chi connectivity index (χ1n) is 4.62. The molecule has 78 valence electrons. The predicted octanol–water partition coefficient (Wildman–Crippen LogP) is 1.49. The summed E-state index contributed by atoms with van der Waals surface area (Å²) in [5, 5.41) is 4.85. The SMILES string of the molecule is Cc1cc([S-])nc(-n2nc(C)cc2C)n1. The highest BCUT2D eigenvalue weighted by Gasteiger charge is 2.05. The Hall–Kier alpha value is -1.49. The molecule has 0 amide bonds. The lowest BCUT2D eigenvalue weighted by molar-refractivity contribution is 0.753. The Kier molecular flexibility index (Phi) is 2.40. The summed E-state index contributed by atoms with van der Waals surface area (Å²) in [5.74, 6) is 0.547. The molecule has 2 aromatic heterocycles. The number of aryl methyl sites for hydroxylation is 3. The van der Waals surface area contributed by atoms with Crippen molar-refractivity contribution in [1.82, 2.24) is 19.7 Å². The molecular formula is C10H11N4S-. The van der Waals surface area contributed by atoms with Crippen LogP contribution in [0.1, 0.15) is 17.1 Å². The summed E-state index contributed by atoms with van der Waals surface area (Å²) in [6.45, 7) is 5.80. The highest BCUT2D eigenvalue weighted by molar-refractivity contribution is 7.58. The molecule has 0 atom stereocenters. The van der Waals surface area contributed by atoms with Gasteiger partial charge in [0.15, 0.2) is 0 Å². The van der Waals surface area contributed by atoms with E-state index >= 15 is 0 Å². The van der Waals surface area contributed by atoms with E-state index in [9.17, 15) is 0 Å². The minimum absolute atomic E-state index is 0.546. The van der Waals surface area contributed by atoms with Gasteiger partial charge in [-0.1, -0.05) is 5.03 Å². The van der Waals surface area contributed by atoms with E-state index in [1.165, 1.54) is 0 Å². The van der Waals surface area contributed by atoms with Gasteiger partial charge in [0.25, 0.3) is 0 Å². The summed E-state index contributed by atoms with van der Waals surface area (Å²) in [6.07, 6.45) is 0. The van der Waals surface area contributed by atoms with Crippen LogP contribution < -0.4 is 0 Å². The molecule has 0 saturated carbocycles. The van der Waals surface area contributed by atoms with Crippen molar-refractivity contribution in [2.24, 2.45) is 0 Å². The van der Waals surface area contributed by atoms with Gasteiger partial charge in [-0.2, -0.15) is 5.10 Å². The zero-order valence-corrected chi connectivity index (χ0v) is 9.67. The fourth-order valence-corrected chi connectivity index (χ4v) is 1.70. The summed E-state index contributed by atoms with van der Waals surface area (Å²) in [7, 11) is 0. The molecule has 0 aliphatic carbocycles. The first kappa shape index (κ1) is 10.0. The van der Waals surface area contributed by atoms with Crippen LogP contribution in [0.25, 0.3) is 5.95 Å². The Balaban J connectivity index is 2.58. The summed E-state index contributed by atoms with van der Waals surface area (Å²) < 4.78 is 1.71. The molecular weight excluding hydrogens is 208 g/mol. The van der Waals surface area contributed by atoms with E-state index in [0.717, 1.165) is 17.1 Å². The average Bonchev–Trinajstić information content (AvgIpc) is 2.43. The van der Waals surface area contributed by atoms with Crippen LogP contribution >= 0.6 is 0 Å². The standard InChI is InChI=1S/C10H12N4S/c1-6-5-9(15)12-10(11-6)14-8(3)4-7(2)13-14/h4-5H,1-3H3,(H,11,12,15)/p-1. The van der Waals surface area contributed by atoms with Gasteiger partial charge in [0.05, 0.1) is 5.69 Å². The van der Waals surface area contributed by atoms with Crippen molar-refractivity contribution in [2.45, 2.75) is 25.8 Å². The minimum Gasteiger partial charge on any atom is -0.760 e. The van der Waals surface area contributed by atoms with Gasteiger partial charge in [-0.3, -0.25) is 0 Å². The zero-order valence-electron chi connectivity index (χ0n) is 8.85. The minimum atomic E-state index is 0.546. The van der Waals surface area contributed by atoms with Crippen molar-refractivity contribution in [3.05, 3.63) is 29.2 Å². The van der Waals surface area contributed by atoms with Crippen LogP contribution in [0.5, 0.6) is 0 Å². The van der Waals surface area contributed by atoms with Crippen LogP contribution in [0.15, 0.2) is 17.2 Å². The van der Waals surface area contributed by atoms with Crippen molar-refractivity contribution in [3.63, 3.8) is 0 Å². The van der Waals surface area contributed by atoms with Crippen molar-refractivity contribution < 1.29 is 0 Å². The molecule has 0 N–H and O–H groups in total. The summed E-state index contributed by atoms with van der Waals surface area (Å²) in [4.78, 5) is 8.48. The van der Waals surface area contributed by atoms with Gasteiger partial charge in [0.2, 0.25) is 5.95 Å². The second kappa shape index (κ2) is 3.58. The molecule has 0 radical (unpaired) electrons. The monoisotopic (exact) mass is 219 g/mol. The van der Waals surface area contributed by atoms with Crippen LogP contribution in [0.2, 0.25) is 0 Å². The van der Waals surface area contributed by atoms with Crippen molar-refractivity contribution in [2.75, 3.05) is 0 Å². The average molecular weight is 219 g/mol. The molecule has 0 aliphatic heterocycles. The van der Waals surface area contributed by atoms with E-state index in [4.69, 9.17) is 12.6 Å². The largest absolute Gasteiger partial charge is 0.760 e. The third-order valence-corrected chi connectivity index (χ3v) is 2.23. The molecule has 0 fully saturated rings. The molecule has 0 aliphatic rings. The highest BCUT2D eigenvalue weighted by Crippen LogP contribution is 2.09. The lowest BCUT2D eigenvalue weighted by atomic mass is 10.4. The van der Waals surface area contributed by atoms with E-state index in [1.54, 1.807) is 10.7 Å². The lowest BCUT2D eigenvalue weighted by Crippen LogP contribution is -2.06. The number of aromatic nitrogens is 4. The molecule has 2 aromatic rings. The Morgan fingerprint density at radius 2 is 1.80 bits per heavy atom. The smallest absolute Gasteiger partial charge is 0.249 e. The van der Waals surface area contributed by atoms with Gasteiger partial charge in [-0.05, 0) is 32.9 Å². The van der Waals surface area contributed by atoms with Crippen LogP contribution in [-0.2, 0) is 12.6 Å². The normalized spacial score (nSPS) is 10.6. The molecule has 0 saturated heterocycles. The topological polar surface area (TPSA) is 43.6 Å². The number of hydrogen-bond donors (Lipinski definition) is 0. The van der Waals surface area contributed by atoms with Gasteiger partial charge < -0.3 is 12.6 Å². The van der Waals surface area contributed by atoms with Crippen LogP contribution in [0, 0.1) is 20.8 Å². The number of rotatable bonds is 1. The fourth-order valence-electron chi connectivity index (χ4n) is 1.45. The van der Waals surface area contributed by atoms with Gasteiger partial charge in [-0.15, -0.1) is 0 Å². The number of nitrogens with zero attached hydrogens (tertiary/aromatic N) is 4. The zero-order chi connectivity index (χ0) is 11.0. The maximum absolute atomic E-state index is 5.04. The van der Waals surface area contributed by atoms with Crippen LogP contribution in [0.3, 0.4) is 0 Å². The van der Waals surface area contributed by atoms with Gasteiger partial charge >= 0.3 is 0 Å². The van der Waals surface area contributed by atoms with E-state index in [-0.39, 0.29) is 0 Å². The first-order chi connectivity index (χ1) is 7.06. The summed E-state index contributed by atoms with van der Waals surface area (Å²) in [5.41, 5.74) is 2.81. The van der Waals surface area contributed by atoms with Gasteiger partial charge in [0, 0.05) is 11.4 Å². The molecule has 0 aromatic carbocycles. The van der Waals surface area contributed by atoms with Crippen LogP contribution in [0.4, 0.5) is 0 Å². The summed E-state index contributed by atoms with van der Waals surface area (Å²) >= 11 is 5.04.